The molecule has 1 fully saturated rings. The number of nitrogens with one attached hydrogen (secondary N) is 1. The van der Waals surface area contributed by atoms with Gasteiger partial charge in [-0.05, 0) is 43.2 Å². The Morgan fingerprint density at radius 2 is 2.18 bits per heavy atom. The fraction of sp³-hybridized carbons (Fsp3) is 0.611. The number of hydrogen-bond donors (Lipinski definition) is 2. The van der Waals surface area contributed by atoms with Gasteiger partial charge in [0.15, 0.2) is 0 Å². The number of amides is 2. The molecule has 4 heteroatoms. The molecule has 2 aliphatic rings. The highest BCUT2D eigenvalue weighted by molar-refractivity contribution is 5.75. The highest BCUT2D eigenvalue weighted by Gasteiger charge is 2.35. The van der Waals surface area contributed by atoms with Crippen LogP contribution < -0.4 is 5.32 Å². The second-order valence-corrected chi connectivity index (χ2v) is 6.88. The number of aliphatic hydroxyl groups excluding tert-OH is 1. The Hall–Kier alpha value is -1.55. The van der Waals surface area contributed by atoms with Crippen LogP contribution in [0.15, 0.2) is 24.3 Å². The lowest BCUT2D eigenvalue weighted by Gasteiger charge is -2.37. The van der Waals surface area contributed by atoms with E-state index in [1.165, 1.54) is 17.5 Å². The molecule has 1 atom stereocenters. The molecule has 120 valence electrons. The van der Waals surface area contributed by atoms with Crippen LogP contribution in [0.4, 0.5) is 4.79 Å². The van der Waals surface area contributed by atoms with E-state index < -0.39 is 0 Å². The zero-order valence-electron chi connectivity index (χ0n) is 13.3. The van der Waals surface area contributed by atoms with Crippen LogP contribution in [0.1, 0.15) is 43.7 Å². The van der Waals surface area contributed by atoms with Crippen molar-refractivity contribution in [3.63, 3.8) is 0 Å². The van der Waals surface area contributed by atoms with Gasteiger partial charge in [0.25, 0.3) is 0 Å². The summed E-state index contributed by atoms with van der Waals surface area (Å²) in [4.78, 5) is 14.2. The van der Waals surface area contributed by atoms with Crippen LogP contribution in [0, 0.1) is 0 Å². The topological polar surface area (TPSA) is 52.6 Å². The molecule has 0 bridgehead atoms. The van der Waals surface area contributed by atoms with E-state index in [0.29, 0.717) is 19.1 Å². The van der Waals surface area contributed by atoms with Crippen molar-refractivity contribution in [3.05, 3.63) is 35.4 Å². The van der Waals surface area contributed by atoms with Gasteiger partial charge in [-0.1, -0.05) is 31.2 Å². The summed E-state index contributed by atoms with van der Waals surface area (Å²) in [6.07, 6.45) is 5.54. The summed E-state index contributed by atoms with van der Waals surface area (Å²) in [7, 11) is 0. The lowest BCUT2D eigenvalue weighted by molar-refractivity contribution is 0.171. The van der Waals surface area contributed by atoms with E-state index in [1.807, 2.05) is 0 Å². The van der Waals surface area contributed by atoms with Gasteiger partial charge in [-0.2, -0.15) is 0 Å². The molecule has 1 saturated carbocycles. The normalized spacial score (nSPS) is 23.7. The highest BCUT2D eigenvalue weighted by Crippen LogP contribution is 2.36. The first kappa shape index (κ1) is 15.3. The van der Waals surface area contributed by atoms with E-state index in [-0.39, 0.29) is 18.1 Å². The molecule has 2 N–H and O–H groups in total. The van der Waals surface area contributed by atoms with Crippen LogP contribution >= 0.6 is 0 Å². The predicted molar refractivity (Wildman–Crippen MR) is 86.9 cm³/mol. The molecule has 4 nitrogen and oxygen atoms in total. The molecular weight excluding hydrogens is 276 g/mol. The number of hydrogen-bond acceptors (Lipinski definition) is 2. The number of rotatable bonds is 5. The molecule has 22 heavy (non-hydrogen) atoms. The fourth-order valence-corrected chi connectivity index (χ4v) is 3.63. The van der Waals surface area contributed by atoms with Crippen molar-refractivity contribution < 1.29 is 9.90 Å². The first-order valence-corrected chi connectivity index (χ1v) is 8.38. The molecule has 0 heterocycles. The molecule has 0 aliphatic heterocycles. The Kier molecular flexibility index (Phi) is 4.39. The second kappa shape index (κ2) is 6.29. The average molecular weight is 302 g/mol. The predicted octanol–water partition coefficient (Wildman–Crippen LogP) is 2.45. The van der Waals surface area contributed by atoms with E-state index in [2.05, 4.69) is 36.5 Å². The minimum absolute atomic E-state index is 0.0128. The Morgan fingerprint density at radius 1 is 1.41 bits per heavy atom. The molecule has 1 unspecified atom stereocenters. The lowest BCUT2D eigenvalue weighted by atomic mass is 9.71. The van der Waals surface area contributed by atoms with E-state index in [9.17, 15) is 4.79 Å². The summed E-state index contributed by atoms with van der Waals surface area (Å²) >= 11 is 0. The maximum atomic E-state index is 12.4. The van der Waals surface area contributed by atoms with Gasteiger partial charge in [0.1, 0.15) is 0 Å². The third-order valence-corrected chi connectivity index (χ3v) is 5.06. The number of carbonyl (C=O) groups excluding carboxylic acids is 1. The third-order valence-electron chi connectivity index (χ3n) is 5.06. The fourth-order valence-electron chi connectivity index (χ4n) is 3.63. The van der Waals surface area contributed by atoms with E-state index in [1.54, 1.807) is 4.90 Å². The summed E-state index contributed by atoms with van der Waals surface area (Å²) in [5.41, 5.74) is 2.81. The SMILES string of the molecule is CC1(CNC(=O)N(CCO)C2CC2)CCCc2ccccc21. The quantitative estimate of drug-likeness (QED) is 0.878. The summed E-state index contributed by atoms with van der Waals surface area (Å²) < 4.78 is 0. The molecule has 0 spiro atoms. The molecular formula is C18H26N2O2. The highest BCUT2D eigenvalue weighted by atomic mass is 16.3. The van der Waals surface area contributed by atoms with Gasteiger partial charge in [-0.25, -0.2) is 4.79 Å². The number of nitrogens with zero attached hydrogens (tertiary/aromatic N) is 1. The second-order valence-electron chi connectivity index (χ2n) is 6.88. The zero-order valence-corrected chi connectivity index (χ0v) is 13.3. The minimum atomic E-state index is -0.0270. The van der Waals surface area contributed by atoms with E-state index in [4.69, 9.17) is 5.11 Å². The largest absolute Gasteiger partial charge is 0.395 e. The van der Waals surface area contributed by atoms with E-state index >= 15 is 0 Å². The smallest absolute Gasteiger partial charge is 0.317 e. The Balaban J connectivity index is 1.67. The summed E-state index contributed by atoms with van der Waals surface area (Å²) in [6.45, 7) is 3.38. The lowest BCUT2D eigenvalue weighted by Crippen LogP contribution is -2.48. The summed E-state index contributed by atoms with van der Waals surface area (Å²) in [5.74, 6) is 0. The number of aryl methyl sites for hydroxylation is 1. The number of urea groups is 1. The van der Waals surface area contributed by atoms with Crippen LogP contribution in [0.5, 0.6) is 0 Å². The Labute approximate surface area is 132 Å². The van der Waals surface area contributed by atoms with Crippen molar-refractivity contribution >= 4 is 6.03 Å². The monoisotopic (exact) mass is 302 g/mol. The number of carbonyl (C=O) groups is 1. The molecule has 2 aliphatic carbocycles. The molecule has 0 saturated heterocycles. The van der Waals surface area contributed by atoms with Crippen LogP contribution in [0.2, 0.25) is 0 Å². The van der Waals surface area contributed by atoms with Crippen LogP contribution in [0.3, 0.4) is 0 Å². The van der Waals surface area contributed by atoms with Crippen LogP contribution in [-0.2, 0) is 11.8 Å². The first-order valence-electron chi connectivity index (χ1n) is 8.38. The third kappa shape index (κ3) is 3.12. The first-order chi connectivity index (χ1) is 10.6. The van der Waals surface area contributed by atoms with Crippen molar-refractivity contribution in [3.8, 4) is 0 Å². The van der Waals surface area contributed by atoms with E-state index in [0.717, 1.165) is 25.7 Å². The molecule has 0 aromatic heterocycles. The van der Waals surface area contributed by atoms with Gasteiger partial charge in [-0.15, -0.1) is 0 Å². The van der Waals surface area contributed by atoms with Crippen LogP contribution in [0.25, 0.3) is 0 Å². The molecule has 0 radical (unpaired) electrons. The number of aliphatic hydroxyl groups is 1. The number of fused-ring (bicyclic) bond motifs is 1. The van der Waals surface area contributed by atoms with Crippen molar-refractivity contribution in [1.29, 1.82) is 0 Å². The standard InChI is InChI=1S/C18H26N2O2/c1-18(10-4-6-14-5-2-3-7-16(14)18)13-19-17(22)20(11-12-21)15-8-9-15/h2-3,5,7,15,21H,4,6,8-13H2,1H3,(H,19,22). The Bertz CT molecular complexity index is 542. The summed E-state index contributed by atoms with van der Waals surface area (Å²) in [6, 6.07) is 8.90. The molecule has 2 amide bonds. The maximum Gasteiger partial charge on any atom is 0.317 e. The molecule has 3 rings (SSSR count). The van der Waals surface area contributed by atoms with Crippen molar-refractivity contribution in [1.82, 2.24) is 10.2 Å². The average Bonchev–Trinajstić information content (AvgIpc) is 3.36. The zero-order chi connectivity index (χ0) is 15.6. The van der Waals surface area contributed by atoms with Crippen LogP contribution in [-0.4, -0.2) is 41.8 Å². The van der Waals surface area contributed by atoms with Gasteiger partial charge < -0.3 is 15.3 Å². The minimum Gasteiger partial charge on any atom is -0.395 e. The molecule has 1 aromatic carbocycles. The Morgan fingerprint density at radius 3 is 2.91 bits per heavy atom. The van der Waals surface area contributed by atoms with Crippen molar-refractivity contribution in [2.45, 2.75) is 50.5 Å². The maximum absolute atomic E-state index is 12.4. The van der Waals surface area contributed by atoms with Gasteiger partial charge in [0.2, 0.25) is 0 Å². The van der Waals surface area contributed by atoms with Crippen molar-refractivity contribution in [2.75, 3.05) is 19.7 Å². The van der Waals surface area contributed by atoms with Gasteiger partial charge in [0.05, 0.1) is 6.61 Å². The number of benzene rings is 1. The van der Waals surface area contributed by atoms with Gasteiger partial charge >= 0.3 is 6.03 Å². The van der Waals surface area contributed by atoms with Gasteiger partial charge in [-0.3, -0.25) is 0 Å². The summed E-state index contributed by atoms with van der Waals surface area (Å²) in [5, 5.41) is 12.3. The van der Waals surface area contributed by atoms with Crippen molar-refractivity contribution in [2.24, 2.45) is 0 Å². The van der Waals surface area contributed by atoms with Gasteiger partial charge in [0, 0.05) is 24.5 Å². The molecule has 1 aromatic rings.